The minimum Gasteiger partial charge on any atom is -0.387 e. The second-order valence-electron chi connectivity index (χ2n) is 26.3. The van der Waals surface area contributed by atoms with Gasteiger partial charge in [-0.3, -0.25) is 13.8 Å². The van der Waals surface area contributed by atoms with E-state index in [-0.39, 0.29) is 19.1 Å². The standard InChI is InChI=1S/C75H143N2O6P/c1-6-8-10-12-14-16-18-20-22-24-26-28-30-32-34-36-37-38-39-41-43-45-47-49-51-53-55-57-59-61-63-65-67-69-75(79)76-73(72-83-84(80,81)82-71-70-77(3,4)5)74(78)68-66-64-62-60-58-56-54-52-50-48-46-44-42-40-35-33-31-29-27-25-23-21-19-17-15-13-11-9-7-2/h8,10,14,16,20,22,26,28,66,68,73-74,78H,6-7,9,11-13,15,17-19,21,23-25,27,29-65,67,69-72H2,1-5H3,(H-,76,79,80,81)/p+1/b10-8-,16-14-,22-20-,28-26-,68-66+. The van der Waals surface area contributed by atoms with Gasteiger partial charge in [0.2, 0.25) is 5.91 Å². The Morgan fingerprint density at radius 1 is 0.417 bits per heavy atom. The van der Waals surface area contributed by atoms with Gasteiger partial charge in [0.1, 0.15) is 13.2 Å². The van der Waals surface area contributed by atoms with Crippen molar-refractivity contribution in [3.8, 4) is 0 Å². The Hall–Kier alpha value is -1.80. The number of quaternary nitrogens is 1. The molecule has 0 spiro atoms. The topological polar surface area (TPSA) is 105 Å². The Balaban J connectivity index is 4.01. The number of aliphatic hydroxyl groups excluding tert-OH is 1. The van der Waals surface area contributed by atoms with Crippen LogP contribution in [0.2, 0.25) is 0 Å². The van der Waals surface area contributed by atoms with Gasteiger partial charge in [0.05, 0.1) is 39.9 Å². The van der Waals surface area contributed by atoms with E-state index >= 15 is 0 Å². The van der Waals surface area contributed by atoms with Crippen LogP contribution in [0.4, 0.5) is 0 Å². The number of nitrogens with zero attached hydrogens (tertiary/aromatic N) is 1. The molecular weight excluding hydrogens is 1060 g/mol. The number of hydrogen-bond acceptors (Lipinski definition) is 5. The molecule has 494 valence electrons. The summed E-state index contributed by atoms with van der Waals surface area (Å²) in [4.78, 5) is 23.5. The summed E-state index contributed by atoms with van der Waals surface area (Å²) in [7, 11) is 1.59. The van der Waals surface area contributed by atoms with E-state index in [9.17, 15) is 19.4 Å². The molecule has 0 aliphatic heterocycles. The number of likely N-dealkylation sites (N-methyl/N-ethyl adjacent to an activating group) is 1. The van der Waals surface area contributed by atoms with Crippen molar-refractivity contribution in [2.45, 2.75) is 373 Å². The van der Waals surface area contributed by atoms with Crippen molar-refractivity contribution in [2.24, 2.45) is 0 Å². The first kappa shape index (κ1) is 82.2. The summed E-state index contributed by atoms with van der Waals surface area (Å²) in [6.07, 6.45) is 91.0. The summed E-state index contributed by atoms with van der Waals surface area (Å²) in [6.45, 7) is 4.76. The van der Waals surface area contributed by atoms with Crippen molar-refractivity contribution in [1.29, 1.82) is 0 Å². The lowest BCUT2D eigenvalue weighted by Crippen LogP contribution is -2.45. The Morgan fingerprint density at radius 3 is 1.05 bits per heavy atom. The molecular formula is C75H144N2O6P+. The maximum Gasteiger partial charge on any atom is 0.472 e. The van der Waals surface area contributed by atoms with E-state index in [2.05, 4.69) is 67.8 Å². The Morgan fingerprint density at radius 2 is 0.714 bits per heavy atom. The maximum absolute atomic E-state index is 13.1. The Bertz CT molecular complexity index is 1550. The van der Waals surface area contributed by atoms with E-state index < -0.39 is 20.0 Å². The van der Waals surface area contributed by atoms with E-state index in [1.54, 1.807) is 6.08 Å². The summed E-state index contributed by atoms with van der Waals surface area (Å²) < 4.78 is 23.9. The highest BCUT2D eigenvalue weighted by Crippen LogP contribution is 2.43. The number of amides is 1. The molecule has 0 bridgehead atoms. The van der Waals surface area contributed by atoms with Gasteiger partial charge >= 0.3 is 7.82 Å². The second kappa shape index (κ2) is 65.6. The number of carbonyl (C=O) groups excluding carboxylic acids is 1. The number of nitrogens with one attached hydrogen (secondary N) is 1. The van der Waals surface area contributed by atoms with Crippen LogP contribution in [0.15, 0.2) is 60.8 Å². The molecule has 8 nitrogen and oxygen atoms in total. The first-order valence-corrected chi connectivity index (χ1v) is 38.2. The molecule has 0 heterocycles. The Labute approximate surface area is 523 Å². The van der Waals surface area contributed by atoms with Gasteiger partial charge in [-0.2, -0.15) is 0 Å². The monoisotopic (exact) mass is 1200 g/mol. The lowest BCUT2D eigenvalue weighted by atomic mass is 10.0. The van der Waals surface area contributed by atoms with E-state index in [4.69, 9.17) is 9.05 Å². The lowest BCUT2D eigenvalue weighted by molar-refractivity contribution is -0.870. The van der Waals surface area contributed by atoms with Crippen LogP contribution in [0.3, 0.4) is 0 Å². The van der Waals surface area contributed by atoms with Gasteiger partial charge in [-0.1, -0.05) is 357 Å². The van der Waals surface area contributed by atoms with Crippen LogP contribution >= 0.6 is 7.82 Å². The molecule has 3 unspecified atom stereocenters. The van der Waals surface area contributed by atoms with Crippen LogP contribution < -0.4 is 5.32 Å². The van der Waals surface area contributed by atoms with Gasteiger partial charge in [-0.25, -0.2) is 4.57 Å². The van der Waals surface area contributed by atoms with Crippen LogP contribution in [-0.4, -0.2) is 73.4 Å². The fraction of sp³-hybridized carbons (Fsp3) is 0.853. The summed E-state index contributed by atoms with van der Waals surface area (Å²) >= 11 is 0. The normalized spacial score (nSPS) is 13.9. The molecule has 3 N–H and O–H groups in total. The predicted molar refractivity (Wildman–Crippen MR) is 369 cm³/mol. The summed E-state index contributed by atoms with van der Waals surface area (Å²) in [5, 5.41) is 14.0. The van der Waals surface area contributed by atoms with Gasteiger partial charge in [0, 0.05) is 6.42 Å². The largest absolute Gasteiger partial charge is 0.472 e. The van der Waals surface area contributed by atoms with Crippen molar-refractivity contribution >= 4 is 13.7 Å². The van der Waals surface area contributed by atoms with Crippen molar-refractivity contribution in [3.05, 3.63) is 60.8 Å². The number of unbranched alkanes of at least 4 members (excludes halogenated alkanes) is 47. The van der Waals surface area contributed by atoms with Gasteiger partial charge in [0.25, 0.3) is 0 Å². The number of rotatable bonds is 68. The van der Waals surface area contributed by atoms with Crippen LogP contribution in [-0.2, 0) is 18.4 Å². The molecule has 0 saturated carbocycles. The predicted octanol–water partition coefficient (Wildman–Crippen LogP) is 23.6. The van der Waals surface area contributed by atoms with Gasteiger partial charge in [-0.15, -0.1) is 0 Å². The number of hydrogen-bond donors (Lipinski definition) is 3. The van der Waals surface area contributed by atoms with E-state index in [0.29, 0.717) is 17.4 Å². The molecule has 0 radical (unpaired) electrons. The molecule has 3 atom stereocenters. The highest BCUT2D eigenvalue weighted by atomic mass is 31.2. The van der Waals surface area contributed by atoms with Crippen LogP contribution in [0.1, 0.15) is 361 Å². The molecule has 0 fully saturated rings. The molecule has 0 rings (SSSR count). The van der Waals surface area contributed by atoms with Crippen LogP contribution in [0.5, 0.6) is 0 Å². The average molecular weight is 1200 g/mol. The molecule has 0 aliphatic rings. The third kappa shape index (κ3) is 67.7. The summed E-state index contributed by atoms with van der Waals surface area (Å²) in [6, 6.07) is -0.849. The summed E-state index contributed by atoms with van der Waals surface area (Å²) in [5.41, 5.74) is 0. The quantitative estimate of drug-likeness (QED) is 0.0243. The molecule has 0 aromatic rings. The number of phosphoric acid groups is 1. The highest BCUT2D eigenvalue weighted by Gasteiger charge is 2.28. The van der Waals surface area contributed by atoms with Crippen molar-refractivity contribution in [3.63, 3.8) is 0 Å². The van der Waals surface area contributed by atoms with E-state index in [1.165, 1.54) is 276 Å². The van der Waals surface area contributed by atoms with Crippen LogP contribution in [0.25, 0.3) is 0 Å². The van der Waals surface area contributed by atoms with Gasteiger partial charge in [-0.05, 0) is 57.8 Å². The van der Waals surface area contributed by atoms with Crippen LogP contribution in [0, 0.1) is 0 Å². The average Bonchev–Trinajstić information content (AvgIpc) is 3.56. The van der Waals surface area contributed by atoms with Gasteiger partial charge < -0.3 is 19.8 Å². The van der Waals surface area contributed by atoms with Crippen molar-refractivity contribution in [1.82, 2.24) is 5.32 Å². The molecule has 0 aromatic heterocycles. The minimum absolute atomic E-state index is 0.0624. The maximum atomic E-state index is 13.1. The lowest BCUT2D eigenvalue weighted by Gasteiger charge is -2.25. The number of aliphatic hydroxyl groups is 1. The molecule has 0 aliphatic carbocycles. The number of carbonyl (C=O) groups is 1. The minimum atomic E-state index is -4.36. The SMILES string of the molecule is CC/C=C\C/C=C\C/C=C\C/C=C\CCCCCCCCCCCCCCCCCCCCCCC(=O)NC(COP(=O)(O)OCC[N+](C)(C)C)C(O)/C=C/CCCCCCCCCCCCCCCCCCCCCCCCCCCCC. The summed E-state index contributed by atoms with van der Waals surface area (Å²) in [5.74, 6) is -0.171. The fourth-order valence-electron chi connectivity index (χ4n) is 11.1. The second-order valence-corrected chi connectivity index (χ2v) is 27.7. The smallest absolute Gasteiger partial charge is 0.387 e. The van der Waals surface area contributed by atoms with Gasteiger partial charge in [0.15, 0.2) is 0 Å². The first-order chi connectivity index (χ1) is 41.0. The third-order valence-electron chi connectivity index (χ3n) is 16.7. The molecule has 0 saturated heterocycles. The third-order valence-corrected chi connectivity index (χ3v) is 17.7. The zero-order chi connectivity index (χ0) is 61.2. The van der Waals surface area contributed by atoms with Crippen molar-refractivity contribution in [2.75, 3.05) is 40.9 Å². The van der Waals surface area contributed by atoms with E-state index in [1.807, 2.05) is 27.2 Å². The zero-order valence-electron chi connectivity index (χ0n) is 56.7. The fourth-order valence-corrected chi connectivity index (χ4v) is 11.8. The van der Waals surface area contributed by atoms with E-state index in [0.717, 1.165) is 64.2 Å². The van der Waals surface area contributed by atoms with Crippen molar-refractivity contribution < 1.29 is 32.9 Å². The number of allylic oxidation sites excluding steroid dienone is 9. The molecule has 1 amide bonds. The molecule has 84 heavy (non-hydrogen) atoms. The Kier molecular flexibility index (Phi) is 64.2. The molecule has 9 heteroatoms. The molecule has 0 aromatic carbocycles. The first-order valence-electron chi connectivity index (χ1n) is 36.7. The number of phosphoric ester groups is 1. The zero-order valence-corrected chi connectivity index (χ0v) is 57.5. The highest BCUT2D eigenvalue weighted by molar-refractivity contribution is 7.47.